The molecule has 0 aromatic heterocycles. The molecule has 1 aliphatic carbocycles. The normalized spacial score (nSPS) is 18.3. The van der Waals surface area contributed by atoms with Crippen LogP contribution in [0.4, 0.5) is 22.7 Å². The van der Waals surface area contributed by atoms with Crippen molar-refractivity contribution in [3.8, 4) is 11.1 Å². The molecule has 8 rings (SSSR count). The van der Waals surface area contributed by atoms with E-state index in [9.17, 15) is 0 Å². The first-order chi connectivity index (χ1) is 24.5. The first kappa shape index (κ1) is 33.2. The molecule has 8 heteroatoms. The second-order valence-electron chi connectivity index (χ2n) is 15.8. The van der Waals surface area contributed by atoms with Crippen LogP contribution in [-0.2, 0) is 0 Å². The first-order valence-corrected chi connectivity index (χ1v) is 18.8. The molecule has 266 valence electrons. The molecular formula is C43H54N8. The highest BCUT2D eigenvalue weighted by Gasteiger charge is 2.34. The van der Waals surface area contributed by atoms with Crippen LogP contribution in [0.3, 0.4) is 0 Å². The largest absolute Gasteiger partial charge is 0.356 e. The zero-order valence-electron chi connectivity index (χ0n) is 31.6. The minimum Gasteiger partial charge on any atom is -0.356 e. The van der Waals surface area contributed by atoms with Crippen molar-refractivity contribution in [2.45, 2.75) is 85.5 Å². The number of benzene rings is 3. The van der Waals surface area contributed by atoms with Gasteiger partial charge in [0.1, 0.15) is 0 Å². The number of fused-ring (bicyclic) bond motifs is 3. The number of hydrogen-bond acceptors (Lipinski definition) is 8. The molecule has 0 atom stereocenters. The average Bonchev–Trinajstić information content (AvgIpc) is 3.96. The number of anilines is 4. The Bertz CT molecular complexity index is 1770. The van der Waals surface area contributed by atoms with Crippen LogP contribution in [0.15, 0.2) is 104 Å². The lowest BCUT2D eigenvalue weighted by molar-refractivity contribution is 0.335. The van der Waals surface area contributed by atoms with E-state index in [-0.39, 0.29) is 5.92 Å². The van der Waals surface area contributed by atoms with Crippen molar-refractivity contribution in [2.75, 3.05) is 46.3 Å². The first-order valence-electron chi connectivity index (χ1n) is 18.8. The highest BCUT2D eigenvalue weighted by Crippen LogP contribution is 2.51. The molecule has 4 aliphatic heterocycles. The fraction of sp³-hybridized carbons (Fsp3) is 0.395. The van der Waals surface area contributed by atoms with Crippen LogP contribution in [0.2, 0.25) is 0 Å². The summed E-state index contributed by atoms with van der Waals surface area (Å²) >= 11 is 0. The molecule has 0 saturated carbocycles. The maximum Gasteiger partial charge on any atom is 0.0944 e. The number of nitrogens with zero attached hydrogens (tertiary/aromatic N) is 8. The Morgan fingerprint density at radius 3 is 1.04 bits per heavy atom. The van der Waals surface area contributed by atoms with Crippen LogP contribution < -0.4 is 19.6 Å². The van der Waals surface area contributed by atoms with Gasteiger partial charge in [0.15, 0.2) is 0 Å². The molecule has 0 spiro atoms. The van der Waals surface area contributed by atoms with E-state index < -0.39 is 0 Å². The fourth-order valence-electron chi connectivity index (χ4n) is 7.83. The molecule has 8 nitrogen and oxygen atoms in total. The average molecular weight is 683 g/mol. The minimum absolute atomic E-state index is 0.0923. The Labute approximate surface area is 305 Å². The molecule has 0 radical (unpaired) electrons. The summed E-state index contributed by atoms with van der Waals surface area (Å²) in [6, 6.07) is 23.4. The summed E-state index contributed by atoms with van der Waals surface area (Å²) in [5, 5.41) is 0. The summed E-state index contributed by atoms with van der Waals surface area (Å²) in [7, 11) is 0. The van der Waals surface area contributed by atoms with Crippen LogP contribution in [0, 0.1) is 0 Å². The molecule has 0 unspecified atom stereocenters. The Kier molecular flexibility index (Phi) is 8.44. The van der Waals surface area contributed by atoms with Crippen molar-refractivity contribution >= 4 is 22.7 Å². The molecule has 3 aromatic carbocycles. The van der Waals surface area contributed by atoms with Gasteiger partial charge < -0.3 is 39.2 Å². The Morgan fingerprint density at radius 2 is 0.725 bits per heavy atom. The van der Waals surface area contributed by atoms with E-state index in [0.717, 1.165) is 26.7 Å². The van der Waals surface area contributed by atoms with Crippen LogP contribution in [-0.4, -0.2) is 70.4 Å². The predicted molar refractivity (Wildman–Crippen MR) is 213 cm³/mol. The Hall–Kier alpha value is -4.98. The highest BCUT2D eigenvalue weighted by atomic mass is 15.4. The standard InChI is InChI=1S/C43H54N8/c1-30(2)44-13-17-48(26-44)35-9-11-39-40-12-10-36(49-18-14-45(27-49)31(3)4)25-42(40)43(41(39)24-35)34-21-37(50-19-15-46(28-50)32(5)6)23-38(22-34)51-20-16-47(29-51)33(7)8/h9-25,30-33,43H,26-29H2,1-8H3. The summed E-state index contributed by atoms with van der Waals surface area (Å²) in [4.78, 5) is 19.1. The smallest absolute Gasteiger partial charge is 0.0944 e. The lowest BCUT2D eigenvalue weighted by atomic mass is 9.88. The van der Waals surface area contributed by atoms with Gasteiger partial charge in [-0.15, -0.1) is 0 Å². The molecule has 0 saturated heterocycles. The van der Waals surface area contributed by atoms with Gasteiger partial charge in [-0.1, -0.05) is 12.1 Å². The fourth-order valence-corrected chi connectivity index (χ4v) is 7.83. The maximum atomic E-state index is 2.46. The van der Waals surface area contributed by atoms with E-state index in [1.807, 2.05) is 0 Å². The molecule has 0 N–H and O–H groups in total. The SMILES string of the molecule is CC(C)N1C=CN(c2cc(C3c4cc(N5C=CN(C(C)C)C5)ccc4-c4ccc(N5C=CN(C(C)C)C5)cc43)cc(N3C=CN(C(C)C)C3)c2)C1. The molecule has 0 bridgehead atoms. The van der Waals surface area contributed by atoms with E-state index in [1.165, 1.54) is 50.6 Å². The minimum atomic E-state index is 0.0923. The van der Waals surface area contributed by atoms with Crippen LogP contribution in [0.1, 0.15) is 78.0 Å². The van der Waals surface area contributed by atoms with E-state index in [1.54, 1.807) is 0 Å². The van der Waals surface area contributed by atoms with Gasteiger partial charge in [0.05, 0.1) is 26.7 Å². The quantitative estimate of drug-likeness (QED) is 0.173. The van der Waals surface area contributed by atoms with Crippen molar-refractivity contribution in [3.05, 3.63) is 121 Å². The van der Waals surface area contributed by atoms with E-state index in [4.69, 9.17) is 0 Å². The van der Waals surface area contributed by atoms with Gasteiger partial charge >= 0.3 is 0 Å². The van der Waals surface area contributed by atoms with Crippen molar-refractivity contribution in [3.63, 3.8) is 0 Å². The third-order valence-electron chi connectivity index (χ3n) is 11.2. The van der Waals surface area contributed by atoms with E-state index in [2.05, 4.69) is 199 Å². The lowest BCUT2D eigenvalue weighted by Gasteiger charge is -2.29. The summed E-state index contributed by atoms with van der Waals surface area (Å²) in [5.41, 5.74) is 11.7. The Balaban J connectivity index is 1.25. The maximum absolute atomic E-state index is 2.46. The van der Waals surface area contributed by atoms with Crippen LogP contribution in [0.25, 0.3) is 11.1 Å². The van der Waals surface area contributed by atoms with Gasteiger partial charge in [0.2, 0.25) is 0 Å². The zero-order valence-corrected chi connectivity index (χ0v) is 31.6. The van der Waals surface area contributed by atoms with Gasteiger partial charge in [0, 0.05) is 102 Å². The van der Waals surface area contributed by atoms with E-state index in [0.29, 0.717) is 24.2 Å². The van der Waals surface area contributed by atoms with Crippen LogP contribution >= 0.6 is 0 Å². The van der Waals surface area contributed by atoms with Crippen molar-refractivity contribution < 1.29 is 0 Å². The molecule has 51 heavy (non-hydrogen) atoms. The second kappa shape index (κ2) is 13.0. The number of hydrogen-bond donors (Lipinski definition) is 0. The highest BCUT2D eigenvalue weighted by molar-refractivity contribution is 5.85. The van der Waals surface area contributed by atoms with E-state index >= 15 is 0 Å². The topological polar surface area (TPSA) is 25.9 Å². The number of rotatable bonds is 9. The van der Waals surface area contributed by atoms with Crippen molar-refractivity contribution in [2.24, 2.45) is 0 Å². The van der Waals surface area contributed by atoms with Gasteiger partial charge in [-0.25, -0.2) is 0 Å². The predicted octanol–water partition coefficient (Wildman–Crippen LogP) is 8.68. The molecule has 0 fully saturated rings. The monoisotopic (exact) mass is 682 g/mol. The zero-order chi connectivity index (χ0) is 35.6. The van der Waals surface area contributed by atoms with Crippen LogP contribution in [0.5, 0.6) is 0 Å². The lowest BCUT2D eigenvalue weighted by Crippen LogP contribution is -2.31. The van der Waals surface area contributed by atoms with Gasteiger partial charge in [-0.2, -0.15) is 0 Å². The van der Waals surface area contributed by atoms with Gasteiger partial charge in [-0.3, -0.25) is 0 Å². The molecule has 0 amide bonds. The summed E-state index contributed by atoms with van der Waals surface area (Å²) < 4.78 is 0. The molecule has 5 aliphatic rings. The summed E-state index contributed by atoms with van der Waals surface area (Å²) in [5.74, 6) is 0.0923. The summed E-state index contributed by atoms with van der Waals surface area (Å²) in [6.45, 7) is 21.5. The third-order valence-corrected chi connectivity index (χ3v) is 11.2. The van der Waals surface area contributed by atoms with Gasteiger partial charge in [-0.05, 0) is 126 Å². The Morgan fingerprint density at radius 1 is 0.392 bits per heavy atom. The van der Waals surface area contributed by atoms with Crippen molar-refractivity contribution in [1.82, 2.24) is 19.6 Å². The molecule has 4 heterocycles. The van der Waals surface area contributed by atoms with Crippen molar-refractivity contribution in [1.29, 1.82) is 0 Å². The third kappa shape index (κ3) is 6.08. The molecule has 3 aromatic rings. The second-order valence-corrected chi connectivity index (χ2v) is 15.8. The molecular weight excluding hydrogens is 629 g/mol. The summed E-state index contributed by atoms with van der Waals surface area (Å²) in [6.07, 6.45) is 17.9. The van der Waals surface area contributed by atoms with Gasteiger partial charge in [0.25, 0.3) is 0 Å².